The number of carbonyl (C=O) groups is 2. The molecule has 0 atom stereocenters. The van der Waals surface area contributed by atoms with Gasteiger partial charge in [0, 0.05) is 12.4 Å². The van der Waals surface area contributed by atoms with E-state index in [1.165, 1.54) is 11.3 Å². The average Bonchev–Trinajstić information content (AvgIpc) is 3.19. The van der Waals surface area contributed by atoms with Crippen LogP contribution >= 0.6 is 11.3 Å². The Bertz CT molecular complexity index is 654. The van der Waals surface area contributed by atoms with Crippen molar-refractivity contribution in [1.82, 2.24) is 9.88 Å². The fraction of sp³-hybridized carbons (Fsp3) is 0.333. The van der Waals surface area contributed by atoms with E-state index in [1.807, 2.05) is 40.5 Å². The van der Waals surface area contributed by atoms with Crippen molar-refractivity contribution in [1.29, 1.82) is 0 Å². The van der Waals surface area contributed by atoms with E-state index in [-0.39, 0.29) is 5.91 Å². The molecule has 1 saturated carbocycles. The van der Waals surface area contributed by atoms with Gasteiger partial charge in [0.15, 0.2) is 0 Å². The van der Waals surface area contributed by atoms with Crippen LogP contribution in [0.3, 0.4) is 0 Å². The molecule has 2 heterocycles. The minimum atomic E-state index is -1.10. The third-order valence-corrected chi connectivity index (χ3v) is 4.85. The Labute approximate surface area is 126 Å². The molecule has 0 aliphatic heterocycles. The molecule has 2 N–H and O–H groups in total. The first-order valence-corrected chi connectivity index (χ1v) is 7.77. The number of hydrogen-bond acceptors (Lipinski definition) is 3. The summed E-state index contributed by atoms with van der Waals surface area (Å²) in [6, 6.07) is 5.63. The Morgan fingerprint density at radius 2 is 1.90 bits per heavy atom. The summed E-state index contributed by atoms with van der Waals surface area (Å²) in [5.41, 5.74) is -0.323. The van der Waals surface area contributed by atoms with Crippen LogP contribution in [0.25, 0.3) is 5.69 Å². The molecule has 1 aliphatic carbocycles. The first-order valence-electron chi connectivity index (χ1n) is 6.89. The van der Waals surface area contributed by atoms with Gasteiger partial charge in [-0.25, -0.2) is 4.79 Å². The minimum absolute atomic E-state index is 0.307. The molecule has 1 amide bonds. The molecule has 2 aromatic heterocycles. The molecule has 6 heteroatoms. The van der Waals surface area contributed by atoms with Crippen LogP contribution in [0.5, 0.6) is 0 Å². The fourth-order valence-electron chi connectivity index (χ4n) is 2.82. The minimum Gasteiger partial charge on any atom is -0.480 e. The van der Waals surface area contributed by atoms with Crippen LogP contribution in [0.1, 0.15) is 35.4 Å². The first kappa shape index (κ1) is 13.9. The molecule has 0 saturated heterocycles. The summed E-state index contributed by atoms with van der Waals surface area (Å²) in [7, 11) is 0. The number of aromatic nitrogens is 1. The molecule has 110 valence electrons. The van der Waals surface area contributed by atoms with Crippen LogP contribution in [0.4, 0.5) is 0 Å². The number of carbonyl (C=O) groups excluding carboxylic acids is 1. The standard InChI is InChI=1S/C15H16N2O3S/c18-13(16-15(14(19)20)6-1-2-7-15)12-11(5-10-21-12)17-8-3-4-9-17/h3-5,8-10H,1-2,6-7H2,(H,16,18)(H,19,20). The number of nitrogens with one attached hydrogen (secondary N) is 1. The van der Waals surface area contributed by atoms with Gasteiger partial charge in [0.25, 0.3) is 5.91 Å². The van der Waals surface area contributed by atoms with Gasteiger partial charge in [-0.3, -0.25) is 4.79 Å². The second-order valence-electron chi connectivity index (χ2n) is 5.27. The van der Waals surface area contributed by atoms with E-state index in [1.54, 1.807) is 0 Å². The summed E-state index contributed by atoms with van der Waals surface area (Å²) >= 11 is 1.32. The van der Waals surface area contributed by atoms with Crippen LogP contribution < -0.4 is 5.32 Å². The molecule has 0 unspecified atom stereocenters. The van der Waals surface area contributed by atoms with E-state index in [9.17, 15) is 14.7 Å². The number of carboxylic acids is 1. The highest BCUT2D eigenvalue weighted by atomic mass is 32.1. The SMILES string of the molecule is O=C(NC1(C(=O)O)CCCC1)c1sccc1-n1cccc1. The van der Waals surface area contributed by atoms with E-state index in [0.29, 0.717) is 17.7 Å². The Balaban J connectivity index is 1.87. The van der Waals surface area contributed by atoms with Gasteiger partial charge >= 0.3 is 5.97 Å². The van der Waals surface area contributed by atoms with E-state index in [4.69, 9.17) is 0 Å². The van der Waals surface area contributed by atoms with Crippen molar-refractivity contribution in [2.24, 2.45) is 0 Å². The predicted octanol–water partition coefficient (Wildman–Crippen LogP) is 2.67. The van der Waals surface area contributed by atoms with Crippen molar-refractivity contribution in [2.75, 3.05) is 0 Å². The number of nitrogens with zero attached hydrogens (tertiary/aromatic N) is 1. The van der Waals surface area contributed by atoms with Crippen LogP contribution in [-0.2, 0) is 4.79 Å². The highest BCUT2D eigenvalue weighted by Gasteiger charge is 2.43. The van der Waals surface area contributed by atoms with Crippen molar-refractivity contribution >= 4 is 23.2 Å². The van der Waals surface area contributed by atoms with Gasteiger partial charge in [-0.15, -0.1) is 11.3 Å². The van der Waals surface area contributed by atoms with Crippen molar-refractivity contribution < 1.29 is 14.7 Å². The van der Waals surface area contributed by atoms with Crippen molar-refractivity contribution in [3.8, 4) is 5.69 Å². The number of amides is 1. The molecule has 1 aliphatic rings. The average molecular weight is 304 g/mol. The first-order chi connectivity index (χ1) is 10.1. The van der Waals surface area contributed by atoms with Crippen molar-refractivity contribution in [3.63, 3.8) is 0 Å². The van der Waals surface area contributed by atoms with Gasteiger partial charge in [-0.1, -0.05) is 12.8 Å². The number of hydrogen-bond donors (Lipinski definition) is 2. The van der Waals surface area contributed by atoms with Crippen LogP contribution in [0, 0.1) is 0 Å². The van der Waals surface area contributed by atoms with Gasteiger partial charge in [0.05, 0.1) is 5.69 Å². The number of rotatable bonds is 4. The lowest BCUT2D eigenvalue weighted by molar-refractivity contribution is -0.144. The molecule has 0 radical (unpaired) electrons. The largest absolute Gasteiger partial charge is 0.480 e. The lowest BCUT2D eigenvalue weighted by Crippen LogP contribution is -2.52. The Hall–Kier alpha value is -2.08. The molecule has 3 rings (SSSR count). The van der Waals surface area contributed by atoms with Gasteiger partial charge in [-0.2, -0.15) is 0 Å². The number of thiophene rings is 1. The van der Waals surface area contributed by atoms with E-state index in [2.05, 4.69) is 5.32 Å². The maximum atomic E-state index is 12.5. The monoisotopic (exact) mass is 304 g/mol. The molecule has 1 fully saturated rings. The highest BCUT2D eigenvalue weighted by Crippen LogP contribution is 2.31. The molecular formula is C15H16N2O3S. The summed E-state index contributed by atoms with van der Waals surface area (Å²) in [5.74, 6) is -1.24. The van der Waals surface area contributed by atoms with Gasteiger partial charge < -0.3 is 15.0 Å². The second kappa shape index (κ2) is 5.37. The smallest absolute Gasteiger partial charge is 0.329 e. The lowest BCUT2D eigenvalue weighted by Gasteiger charge is -2.25. The zero-order valence-electron chi connectivity index (χ0n) is 11.4. The molecule has 0 aromatic carbocycles. The van der Waals surface area contributed by atoms with E-state index >= 15 is 0 Å². The summed E-state index contributed by atoms with van der Waals surface area (Å²) in [5, 5.41) is 14.0. The second-order valence-corrected chi connectivity index (χ2v) is 6.19. The maximum absolute atomic E-state index is 12.5. The number of aliphatic carboxylic acids is 1. The summed E-state index contributed by atoms with van der Waals surface area (Å²) in [4.78, 5) is 24.6. The molecule has 2 aromatic rings. The van der Waals surface area contributed by atoms with Gasteiger partial charge in [0.2, 0.25) is 0 Å². The molecule has 0 bridgehead atoms. The molecule has 0 spiro atoms. The highest BCUT2D eigenvalue weighted by molar-refractivity contribution is 7.12. The van der Waals surface area contributed by atoms with Crippen LogP contribution in [0.15, 0.2) is 36.0 Å². The fourth-order valence-corrected chi connectivity index (χ4v) is 3.60. The summed E-state index contributed by atoms with van der Waals surface area (Å²) in [6.07, 6.45) is 6.39. The Kier molecular flexibility index (Phi) is 3.55. The molecular weight excluding hydrogens is 288 g/mol. The van der Waals surface area contributed by atoms with Crippen LogP contribution in [0.2, 0.25) is 0 Å². The van der Waals surface area contributed by atoms with E-state index in [0.717, 1.165) is 18.5 Å². The predicted molar refractivity (Wildman–Crippen MR) is 79.9 cm³/mol. The topological polar surface area (TPSA) is 71.3 Å². The van der Waals surface area contributed by atoms with Gasteiger partial charge in [-0.05, 0) is 36.4 Å². The lowest BCUT2D eigenvalue weighted by atomic mass is 9.98. The number of carboxylic acid groups (broad SMARTS) is 1. The molecule has 21 heavy (non-hydrogen) atoms. The zero-order chi connectivity index (χ0) is 14.9. The maximum Gasteiger partial charge on any atom is 0.329 e. The third kappa shape index (κ3) is 2.47. The van der Waals surface area contributed by atoms with Crippen molar-refractivity contribution in [3.05, 3.63) is 40.8 Å². The Morgan fingerprint density at radius 1 is 1.24 bits per heavy atom. The van der Waals surface area contributed by atoms with E-state index < -0.39 is 11.5 Å². The summed E-state index contributed by atoms with van der Waals surface area (Å²) < 4.78 is 1.85. The zero-order valence-corrected chi connectivity index (χ0v) is 12.2. The third-order valence-electron chi connectivity index (χ3n) is 3.95. The molecule has 5 nitrogen and oxygen atoms in total. The van der Waals surface area contributed by atoms with Crippen LogP contribution in [-0.4, -0.2) is 27.1 Å². The van der Waals surface area contributed by atoms with Crippen molar-refractivity contribution in [2.45, 2.75) is 31.2 Å². The quantitative estimate of drug-likeness (QED) is 0.912. The summed E-state index contributed by atoms with van der Waals surface area (Å²) in [6.45, 7) is 0. The Morgan fingerprint density at radius 3 is 2.52 bits per heavy atom. The van der Waals surface area contributed by atoms with Gasteiger partial charge in [0.1, 0.15) is 10.4 Å². The normalized spacial score (nSPS) is 16.8.